The van der Waals surface area contributed by atoms with E-state index in [1.54, 1.807) is 0 Å². The van der Waals surface area contributed by atoms with Crippen LogP contribution in [0.2, 0.25) is 0 Å². The monoisotopic (exact) mass is 678 g/mol. The molecule has 4 aromatic carbocycles. The van der Waals surface area contributed by atoms with Crippen molar-refractivity contribution in [3.05, 3.63) is 120 Å². The van der Waals surface area contributed by atoms with Gasteiger partial charge in [-0.15, -0.1) is 22.1 Å². The van der Waals surface area contributed by atoms with E-state index >= 15 is 0 Å². The fraction of sp³-hybridized carbons (Fsp3) is 0.182. The molecular formula is C44H36N4Ni. The van der Waals surface area contributed by atoms with E-state index in [2.05, 4.69) is 125 Å². The van der Waals surface area contributed by atoms with Crippen molar-refractivity contribution in [1.29, 1.82) is 0 Å². The number of hydrogen-bond acceptors (Lipinski definition) is 2. The maximum absolute atomic E-state index is 5.36. The summed E-state index contributed by atoms with van der Waals surface area (Å²) in [6.07, 6.45) is 3.58. The van der Waals surface area contributed by atoms with Crippen molar-refractivity contribution in [1.82, 2.24) is 19.9 Å². The molecule has 49 heavy (non-hydrogen) atoms. The van der Waals surface area contributed by atoms with Crippen molar-refractivity contribution in [3.8, 4) is 0 Å². The molecule has 0 saturated heterocycles. The molecular weight excluding hydrogens is 643 g/mol. The van der Waals surface area contributed by atoms with E-state index in [0.717, 1.165) is 81.3 Å². The van der Waals surface area contributed by atoms with Gasteiger partial charge < -0.3 is 9.97 Å². The Balaban J connectivity index is 0.00000348. The third kappa shape index (κ3) is 4.78. The van der Waals surface area contributed by atoms with Gasteiger partial charge in [0.05, 0.1) is 22.8 Å². The van der Waals surface area contributed by atoms with Crippen LogP contribution in [0.3, 0.4) is 0 Å². The van der Waals surface area contributed by atoms with Crippen LogP contribution in [0.1, 0.15) is 76.2 Å². The Morgan fingerprint density at radius 1 is 0.408 bits per heavy atom. The Hall–Kier alpha value is -4.99. The van der Waals surface area contributed by atoms with Crippen molar-refractivity contribution < 1.29 is 16.5 Å². The van der Waals surface area contributed by atoms with Crippen LogP contribution >= 0.6 is 0 Å². The number of aromatic nitrogens is 4. The summed E-state index contributed by atoms with van der Waals surface area (Å²) in [5.74, 6) is 0. The molecule has 0 aliphatic carbocycles. The predicted molar refractivity (Wildman–Crippen MR) is 204 cm³/mol. The van der Waals surface area contributed by atoms with Gasteiger partial charge in [0.1, 0.15) is 0 Å². The summed E-state index contributed by atoms with van der Waals surface area (Å²) >= 11 is 0. The van der Waals surface area contributed by atoms with Crippen molar-refractivity contribution in [2.45, 2.75) is 53.4 Å². The van der Waals surface area contributed by atoms with E-state index in [-0.39, 0.29) is 16.5 Å². The molecule has 8 bridgehead atoms. The van der Waals surface area contributed by atoms with Gasteiger partial charge in [0, 0.05) is 0 Å². The molecule has 2 aliphatic rings. The van der Waals surface area contributed by atoms with E-state index in [9.17, 15) is 0 Å². The summed E-state index contributed by atoms with van der Waals surface area (Å²) in [5, 5.41) is 9.46. The van der Waals surface area contributed by atoms with Crippen LogP contribution in [0.25, 0.3) is 87.4 Å². The second-order valence-corrected chi connectivity index (χ2v) is 12.9. The molecule has 0 radical (unpaired) electrons. The van der Waals surface area contributed by atoms with Crippen molar-refractivity contribution >= 4 is 87.4 Å². The first-order chi connectivity index (χ1) is 23.6. The number of benzene rings is 4. The van der Waals surface area contributed by atoms with Crippen molar-refractivity contribution in [3.63, 3.8) is 0 Å². The zero-order chi connectivity index (χ0) is 32.5. The van der Waals surface area contributed by atoms with E-state index in [1.165, 1.54) is 54.6 Å². The number of allylic oxidation sites excluding steroid dienone is 4. The van der Waals surface area contributed by atoms with Crippen molar-refractivity contribution in [2.75, 3.05) is 0 Å². The number of fused-ring (bicyclic) bond motifs is 18. The Morgan fingerprint density at radius 3 is 1.12 bits per heavy atom. The molecule has 4 nitrogen and oxygen atoms in total. The fourth-order valence-corrected chi connectivity index (χ4v) is 8.16. The standard InChI is InChI=1S/C44H36N4.Ni/c1-5-27-28(6-2)36-22-40-34-20-18-26-14-10-12-16-32(26)44(34)42(48-40)24-38-30(8-4)29(7-3)37(46-38)23-41-43-31-15-11-9-13-25(31)17-19-33(43)39(47-41)21-35(27)45-36;/h9-24H,5-8H2,1-4H3;/q-2;+2. The second kappa shape index (κ2) is 12.2. The molecule has 7 aromatic rings. The summed E-state index contributed by atoms with van der Waals surface area (Å²) in [6.45, 7) is 8.93. The van der Waals surface area contributed by atoms with Gasteiger partial charge in [0.15, 0.2) is 0 Å². The van der Waals surface area contributed by atoms with Gasteiger partial charge in [0.2, 0.25) is 0 Å². The first kappa shape index (κ1) is 31.3. The maximum Gasteiger partial charge on any atom is 2.00 e. The fourth-order valence-electron chi connectivity index (χ4n) is 8.16. The van der Waals surface area contributed by atoms with E-state index < -0.39 is 0 Å². The maximum atomic E-state index is 5.36. The first-order valence-corrected chi connectivity index (χ1v) is 17.3. The molecule has 0 amide bonds. The van der Waals surface area contributed by atoms with Crippen LogP contribution in [0, 0.1) is 0 Å². The first-order valence-electron chi connectivity index (χ1n) is 17.3. The van der Waals surface area contributed by atoms with Gasteiger partial charge in [-0.2, -0.15) is 0 Å². The van der Waals surface area contributed by atoms with Crippen LogP contribution in [0.4, 0.5) is 0 Å². The topological polar surface area (TPSA) is 54.0 Å². The zero-order valence-electron chi connectivity index (χ0n) is 28.2. The molecule has 0 saturated carbocycles. The Labute approximate surface area is 295 Å². The molecule has 5 heterocycles. The summed E-state index contributed by atoms with van der Waals surface area (Å²) in [6, 6.07) is 35.0. The van der Waals surface area contributed by atoms with Gasteiger partial charge in [0.25, 0.3) is 0 Å². The van der Waals surface area contributed by atoms with E-state index in [4.69, 9.17) is 19.9 Å². The quantitative estimate of drug-likeness (QED) is 0.174. The summed E-state index contributed by atoms with van der Waals surface area (Å²) in [4.78, 5) is 21.4. The van der Waals surface area contributed by atoms with Crippen LogP contribution in [0.15, 0.2) is 97.1 Å². The van der Waals surface area contributed by atoms with E-state index in [0.29, 0.717) is 0 Å². The molecule has 5 heteroatoms. The Morgan fingerprint density at radius 2 is 0.755 bits per heavy atom. The van der Waals surface area contributed by atoms with Crippen LogP contribution in [-0.4, -0.2) is 9.97 Å². The Kier molecular flexibility index (Phi) is 7.77. The van der Waals surface area contributed by atoms with Gasteiger partial charge in [-0.3, -0.25) is 0 Å². The third-order valence-electron chi connectivity index (χ3n) is 10.4. The molecule has 2 aliphatic heterocycles. The largest absolute Gasteiger partial charge is 2.00 e. The minimum atomic E-state index is 0. The SMILES string of the molecule is CCC1=C(CC)c2cc3[n-]c(cc4nc(cc5[n-]c(cc1n2)c1ccc2ccccc2c51)C(CC)=C4CC)c1c2ccccc2ccc31.[Ni+2]. The third-order valence-corrected chi connectivity index (χ3v) is 10.4. The zero-order valence-corrected chi connectivity index (χ0v) is 29.2. The van der Waals surface area contributed by atoms with Gasteiger partial charge in [-0.05, 0) is 91.1 Å². The van der Waals surface area contributed by atoms with Crippen LogP contribution < -0.4 is 9.97 Å². The summed E-state index contributed by atoms with van der Waals surface area (Å²) < 4.78 is 0. The summed E-state index contributed by atoms with van der Waals surface area (Å²) in [5.41, 5.74) is 12.9. The minimum absolute atomic E-state index is 0. The summed E-state index contributed by atoms with van der Waals surface area (Å²) in [7, 11) is 0. The molecule has 242 valence electrons. The smallest absolute Gasteiger partial charge is 0.657 e. The molecule has 0 atom stereocenters. The average molecular weight is 679 g/mol. The molecule has 0 spiro atoms. The molecule has 0 unspecified atom stereocenters. The van der Waals surface area contributed by atoms with Gasteiger partial charge in [-0.25, -0.2) is 9.97 Å². The predicted octanol–water partition coefficient (Wildman–Crippen LogP) is 11.6. The van der Waals surface area contributed by atoms with Gasteiger partial charge in [-0.1, -0.05) is 125 Å². The van der Waals surface area contributed by atoms with Gasteiger partial charge >= 0.3 is 16.5 Å². The minimum Gasteiger partial charge on any atom is -0.657 e. The van der Waals surface area contributed by atoms with Crippen molar-refractivity contribution in [2.24, 2.45) is 0 Å². The number of hydrogen-bond donors (Lipinski definition) is 0. The average Bonchev–Trinajstić information content (AvgIpc) is 3.85. The van der Waals surface area contributed by atoms with E-state index in [1.807, 2.05) is 0 Å². The normalized spacial score (nSPS) is 13.3. The molecule has 3 aromatic heterocycles. The van der Waals surface area contributed by atoms with Crippen LogP contribution in [-0.2, 0) is 16.5 Å². The number of rotatable bonds is 4. The molecule has 0 N–H and O–H groups in total. The van der Waals surface area contributed by atoms with Crippen LogP contribution in [0.5, 0.6) is 0 Å². The Bertz CT molecular complexity index is 2540. The molecule has 9 rings (SSSR count). The molecule has 0 fully saturated rings. The number of nitrogens with zero attached hydrogens (tertiary/aromatic N) is 4. The second-order valence-electron chi connectivity index (χ2n) is 12.9.